The van der Waals surface area contributed by atoms with Crippen molar-refractivity contribution in [2.75, 3.05) is 0 Å². The highest BCUT2D eigenvalue weighted by Crippen LogP contribution is 2.30. The highest BCUT2D eigenvalue weighted by atomic mass is 35.5. The van der Waals surface area contributed by atoms with Gasteiger partial charge in [0.25, 0.3) is 5.78 Å². The van der Waals surface area contributed by atoms with Crippen molar-refractivity contribution < 1.29 is 26.4 Å². The fourth-order valence-electron chi connectivity index (χ4n) is 1.96. The summed E-state index contributed by atoms with van der Waals surface area (Å²) >= 11 is 5.70. The van der Waals surface area contributed by atoms with Gasteiger partial charge in [-0.3, -0.25) is 4.79 Å². The van der Waals surface area contributed by atoms with Gasteiger partial charge in [0.1, 0.15) is 4.91 Å². The zero-order valence-corrected chi connectivity index (χ0v) is 14.4. The zero-order chi connectivity index (χ0) is 18.8. The lowest BCUT2D eigenvalue weighted by atomic mass is 10.2. The molecule has 0 fully saturated rings. The maximum absolute atomic E-state index is 12.9. The van der Waals surface area contributed by atoms with Gasteiger partial charge in [0.2, 0.25) is 9.84 Å². The number of ketones is 1. The van der Waals surface area contributed by atoms with Crippen LogP contribution in [-0.4, -0.2) is 20.4 Å². The third kappa shape index (κ3) is 4.49. The van der Waals surface area contributed by atoms with Gasteiger partial charge in [-0.15, -0.1) is 0 Å². The van der Waals surface area contributed by atoms with Crippen LogP contribution in [0.15, 0.2) is 58.3 Å². The van der Waals surface area contributed by atoms with E-state index < -0.39 is 31.6 Å². The largest absolute Gasteiger partial charge is 0.455 e. The molecule has 2 aromatic rings. The minimum absolute atomic E-state index is 0.104. The van der Waals surface area contributed by atoms with Gasteiger partial charge in [0.15, 0.2) is 0 Å². The van der Waals surface area contributed by atoms with Gasteiger partial charge >= 0.3 is 6.18 Å². The molecule has 0 amide bonds. The number of carbonyl (C=O) groups is 1. The van der Waals surface area contributed by atoms with Gasteiger partial charge in [-0.05, 0) is 42.8 Å². The van der Waals surface area contributed by atoms with Gasteiger partial charge in [-0.1, -0.05) is 41.4 Å². The first kappa shape index (κ1) is 19.2. The summed E-state index contributed by atoms with van der Waals surface area (Å²) in [5, 5.41) is 0.322. The molecule has 2 rings (SSSR count). The number of alkyl halides is 3. The number of Topliss-reactive ketones (excluding diaryl/α,β-unsaturated/α-hetero) is 1. The molecule has 0 spiro atoms. The monoisotopic (exact) mass is 388 g/mol. The minimum Gasteiger partial charge on any atom is -0.283 e. The fraction of sp³-hybridized carbons (Fsp3) is 0.118. The van der Waals surface area contributed by atoms with Crippen LogP contribution in [0, 0.1) is 6.92 Å². The molecule has 0 aliphatic rings. The molecule has 0 bridgehead atoms. The molecule has 0 aromatic heterocycles. The second-order valence-corrected chi connectivity index (χ2v) is 7.56. The van der Waals surface area contributed by atoms with E-state index in [9.17, 15) is 26.4 Å². The van der Waals surface area contributed by atoms with Crippen LogP contribution in [0.4, 0.5) is 13.2 Å². The molecule has 0 N–H and O–H groups in total. The number of carbonyl (C=O) groups excluding carboxylic acids is 1. The second kappa shape index (κ2) is 7.01. The first-order chi connectivity index (χ1) is 11.5. The lowest BCUT2D eigenvalue weighted by Crippen LogP contribution is -2.28. The lowest BCUT2D eigenvalue weighted by molar-refractivity contribution is -0.165. The summed E-state index contributed by atoms with van der Waals surface area (Å²) in [7, 11) is -4.65. The van der Waals surface area contributed by atoms with Crippen molar-refractivity contribution in [1.29, 1.82) is 0 Å². The topological polar surface area (TPSA) is 51.2 Å². The predicted molar refractivity (Wildman–Crippen MR) is 88.9 cm³/mol. The van der Waals surface area contributed by atoms with Crippen molar-refractivity contribution in [2.45, 2.75) is 18.0 Å². The van der Waals surface area contributed by atoms with Gasteiger partial charge in [0, 0.05) is 5.02 Å². The SMILES string of the molecule is Cc1ccc(S(=O)(=O)/C(=C/c2ccc(Cl)cc2)C(=O)C(F)(F)F)cc1. The number of hydrogen-bond acceptors (Lipinski definition) is 3. The molecule has 25 heavy (non-hydrogen) atoms. The molecule has 0 radical (unpaired) electrons. The summed E-state index contributed by atoms with van der Waals surface area (Å²) in [4.78, 5) is 9.99. The van der Waals surface area contributed by atoms with Crippen LogP contribution in [-0.2, 0) is 14.6 Å². The van der Waals surface area contributed by atoms with E-state index in [1.165, 1.54) is 36.4 Å². The van der Waals surface area contributed by atoms with E-state index in [0.717, 1.165) is 17.7 Å². The van der Waals surface area contributed by atoms with Gasteiger partial charge in [-0.25, -0.2) is 8.42 Å². The Balaban J connectivity index is 2.64. The van der Waals surface area contributed by atoms with Gasteiger partial charge in [0.05, 0.1) is 4.90 Å². The normalized spacial score (nSPS) is 12.9. The van der Waals surface area contributed by atoms with Crippen molar-refractivity contribution in [3.05, 3.63) is 69.6 Å². The molecule has 0 aliphatic heterocycles. The van der Waals surface area contributed by atoms with Crippen LogP contribution in [0.25, 0.3) is 6.08 Å². The molecule has 132 valence electrons. The van der Waals surface area contributed by atoms with E-state index in [-0.39, 0.29) is 5.56 Å². The summed E-state index contributed by atoms with van der Waals surface area (Å²) in [6.45, 7) is 1.70. The second-order valence-electron chi connectivity index (χ2n) is 5.20. The van der Waals surface area contributed by atoms with Crippen molar-refractivity contribution >= 4 is 33.3 Å². The van der Waals surface area contributed by atoms with E-state index in [1.54, 1.807) is 6.92 Å². The Morgan fingerprint density at radius 2 is 1.52 bits per heavy atom. The van der Waals surface area contributed by atoms with E-state index >= 15 is 0 Å². The Kier molecular flexibility index (Phi) is 5.39. The van der Waals surface area contributed by atoms with Gasteiger partial charge < -0.3 is 0 Å². The Bertz CT molecular complexity index is 913. The molecule has 3 nitrogen and oxygen atoms in total. The highest BCUT2D eigenvalue weighted by molar-refractivity contribution is 7.96. The number of allylic oxidation sites excluding steroid dienone is 1. The number of hydrogen-bond donors (Lipinski definition) is 0. The molecule has 0 unspecified atom stereocenters. The number of aryl methyl sites for hydroxylation is 1. The molecular formula is C17H12ClF3O3S. The highest BCUT2D eigenvalue weighted by Gasteiger charge is 2.45. The van der Waals surface area contributed by atoms with Crippen LogP contribution in [0.1, 0.15) is 11.1 Å². The summed E-state index contributed by atoms with van der Waals surface area (Å²) < 4.78 is 63.9. The average Bonchev–Trinajstić information content (AvgIpc) is 2.53. The minimum atomic E-state index is -5.32. The van der Waals surface area contributed by atoms with Crippen molar-refractivity contribution in [1.82, 2.24) is 0 Å². The molecule has 0 saturated heterocycles. The van der Waals surface area contributed by atoms with E-state index in [1.807, 2.05) is 0 Å². The van der Waals surface area contributed by atoms with Crippen LogP contribution < -0.4 is 0 Å². The molecule has 0 saturated carbocycles. The molecule has 0 heterocycles. The van der Waals surface area contributed by atoms with Crippen molar-refractivity contribution in [3.8, 4) is 0 Å². The van der Waals surface area contributed by atoms with Crippen LogP contribution in [0.3, 0.4) is 0 Å². The quantitative estimate of drug-likeness (QED) is 0.719. The van der Waals surface area contributed by atoms with Crippen LogP contribution in [0.5, 0.6) is 0 Å². The number of sulfone groups is 1. The summed E-state index contributed by atoms with van der Waals surface area (Å²) in [5.74, 6) is -2.43. The van der Waals surface area contributed by atoms with Crippen molar-refractivity contribution in [3.63, 3.8) is 0 Å². The van der Waals surface area contributed by atoms with Crippen molar-refractivity contribution in [2.24, 2.45) is 0 Å². The summed E-state index contributed by atoms with van der Waals surface area (Å²) in [6.07, 6.45) is -4.63. The van der Waals surface area contributed by atoms with E-state index in [2.05, 4.69) is 0 Å². The van der Waals surface area contributed by atoms with E-state index in [4.69, 9.17) is 11.6 Å². The Hall–Kier alpha value is -2.12. The Labute approximate surface area is 147 Å². The number of halogens is 4. The molecule has 8 heteroatoms. The lowest BCUT2D eigenvalue weighted by Gasteiger charge is -2.11. The predicted octanol–water partition coefficient (Wildman–Crippen LogP) is 4.59. The van der Waals surface area contributed by atoms with Gasteiger partial charge in [-0.2, -0.15) is 13.2 Å². The standard InChI is InChI=1S/C17H12ClF3O3S/c1-11-2-8-14(9-3-11)25(23,24)15(16(22)17(19,20)21)10-12-4-6-13(18)7-5-12/h2-10H,1H3/b15-10+. The maximum atomic E-state index is 12.9. The first-order valence-electron chi connectivity index (χ1n) is 6.92. The average molecular weight is 389 g/mol. The molecule has 0 aliphatic carbocycles. The molecule has 2 aromatic carbocycles. The first-order valence-corrected chi connectivity index (χ1v) is 8.78. The van der Waals surface area contributed by atoms with E-state index in [0.29, 0.717) is 11.1 Å². The summed E-state index contributed by atoms with van der Waals surface area (Å²) in [6, 6.07) is 10.6. The Morgan fingerprint density at radius 1 is 1.00 bits per heavy atom. The third-order valence-electron chi connectivity index (χ3n) is 3.27. The zero-order valence-electron chi connectivity index (χ0n) is 12.8. The third-order valence-corrected chi connectivity index (χ3v) is 5.30. The summed E-state index contributed by atoms with van der Waals surface area (Å²) in [5.41, 5.74) is 0.831. The molecular weight excluding hydrogens is 377 g/mol. The molecule has 0 atom stereocenters. The number of rotatable bonds is 4. The maximum Gasteiger partial charge on any atom is 0.455 e. The number of benzene rings is 2. The van der Waals surface area contributed by atoms with Crippen LogP contribution >= 0.6 is 11.6 Å². The smallest absolute Gasteiger partial charge is 0.283 e. The fourth-order valence-corrected chi connectivity index (χ4v) is 3.48. The Morgan fingerprint density at radius 3 is 2.00 bits per heavy atom. The van der Waals surface area contributed by atoms with Crippen LogP contribution in [0.2, 0.25) is 5.02 Å².